The number of imidazole rings is 1. The molecule has 1 amide bonds. The first-order chi connectivity index (χ1) is 9.11. The zero-order chi connectivity index (χ0) is 13.8. The van der Waals surface area contributed by atoms with Crippen molar-refractivity contribution in [3.05, 3.63) is 35.8 Å². The molecular weight excluding hydrogens is 238 g/mol. The molecule has 2 aromatic heterocycles. The molecule has 0 aliphatic carbocycles. The van der Waals surface area contributed by atoms with Gasteiger partial charge in [-0.25, -0.2) is 4.98 Å². The fourth-order valence-electron chi connectivity index (χ4n) is 2.10. The molecular formula is C15H21N3O. The number of fused-ring (bicyclic) bond motifs is 1. The third-order valence-corrected chi connectivity index (χ3v) is 3.33. The summed E-state index contributed by atoms with van der Waals surface area (Å²) in [6.07, 6.45) is 6.43. The predicted octanol–water partition coefficient (Wildman–Crippen LogP) is 2.44. The average molecular weight is 259 g/mol. The lowest BCUT2D eigenvalue weighted by Gasteiger charge is -2.15. The standard InChI is InChI=1S/C15H21N3O/c1-4-5-8-17(3)14(19)10-13-11-18-9-6-7-12(2)15(18)16-13/h6-7,9,11H,4-5,8,10H2,1-3H3. The smallest absolute Gasteiger partial charge is 0.228 e. The van der Waals surface area contributed by atoms with Crippen molar-refractivity contribution in [2.75, 3.05) is 13.6 Å². The van der Waals surface area contributed by atoms with E-state index in [1.807, 2.05) is 42.9 Å². The van der Waals surface area contributed by atoms with Crippen molar-refractivity contribution < 1.29 is 4.79 Å². The molecule has 4 heteroatoms. The normalized spacial score (nSPS) is 10.9. The van der Waals surface area contributed by atoms with Crippen molar-refractivity contribution in [2.45, 2.75) is 33.1 Å². The number of carbonyl (C=O) groups excluding carboxylic acids is 1. The van der Waals surface area contributed by atoms with Crippen LogP contribution in [0.4, 0.5) is 0 Å². The highest BCUT2D eigenvalue weighted by atomic mass is 16.2. The molecule has 0 aliphatic heterocycles. The number of hydrogen-bond acceptors (Lipinski definition) is 2. The van der Waals surface area contributed by atoms with Gasteiger partial charge in [0.25, 0.3) is 0 Å². The molecule has 0 spiro atoms. The van der Waals surface area contributed by atoms with Crippen LogP contribution in [0.25, 0.3) is 5.65 Å². The Labute approximate surface area is 114 Å². The van der Waals surface area contributed by atoms with Crippen molar-refractivity contribution in [1.82, 2.24) is 14.3 Å². The molecule has 2 rings (SSSR count). The van der Waals surface area contributed by atoms with Gasteiger partial charge in [-0.05, 0) is 25.0 Å². The van der Waals surface area contributed by atoms with Crippen LogP contribution in [0.2, 0.25) is 0 Å². The minimum Gasteiger partial charge on any atom is -0.345 e. The highest BCUT2D eigenvalue weighted by Crippen LogP contribution is 2.11. The van der Waals surface area contributed by atoms with Gasteiger partial charge in [0.15, 0.2) is 0 Å². The van der Waals surface area contributed by atoms with Gasteiger partial charge in [0, 0.05) is 26.0 Å². The summed E-state index contributed by atoms with van der Waals surface area (Å²) in [5, 5.41) is 0. The van der Waals surface area contributed by atoms with Crippen LogP contribution >= 0.6 is 0 Å². The van der Waals surface area contributed by atoms with E-state index in [0.29, 0.717) is 6.42 Å². The number of pyridine rings is 1. The van der Waals surface area contributed by atoms with E-state index in [-0.39, 0.29) is 5.91 Å². The van der Waals surface area contributed by atoms with Crippen molar-refractivity contribution in [2.24, 2.45) is 0 Å². The topological polar surface area (TPSA) is 37.6 Å². The number of nitrogens with zero attached hydrogens (tertiary/aromatic N) is 3. The Balaban J connectivity index is 2.09. The molecule has 0 aliphatic rings. The Morgan fingerprint density at radius 1 is 1.47 bits per heavy atom. The van der Waals surface area contributed by atoms with Gasteiger partial charge < -0.3 is 9.30 Å². The highest BCUT2D eigenvalue weighted by Gasteiger charge is 2.12. The lowest BCUT2D eigenvalue weighted by atomic mass is 10.2. The van der Waals surface area contributed by atoms with Gasteiger partial charge >= 0.3 is 0 Å². The highest BCUT2D eigenvalue weighted by molar-refractivity contribution is 5.78. The minimum atomic E-state index is 0.134. The minimum absolute atomic E-state index is 0.134. The fourth-order valence-corrected chi connectivity index (χ4v) is 2.10. The van der Waals surface area contributed by atoms with E-state index in [4.69, 9.17) is 0 Å². The first-order valence-corrected chi connectivity index (χ1v) is 6.79. The van der Waals surface area contributed by atoms with Gasteiger partial charge in [0.05, 0.1) is 12.1 Å². The van der Waals surface area contributed by atoms with Crippen LogP contribution in [0.5, 0.6) is 0 Å². The van der Waals surface area contributed by atoms with E-state index in [2.05, 4.69) is 11.9 Å². The van der Waals surface area contributed by atoms with E-state index >= 15 is 0 Å². The molecule has 2 heterocycles. The Morgan fingerprint density at radius 3 is 2.95 bits per heavy atom. The predicted molar refractivity (Wildman–Crippen MR) is 76.2 cm³/mol. The van der Waals surface area contributed by atoms with Crippen LogP contribution in [0, 0.1) is 6.92 Å². The average Bonchev–Trinajstić information content (AvgIpc) is 2.79. The van der Waals surface area contributed by atoms with Gasteiger partial charge in [-0.1, -0.05) is 19.4 Å². The number of hydrogen-bond donors (Lipinski definition) is 0. The van der Waals surface area contributed by atoms with Gasteiger partial charge in [-0.15, -0.1) is 0 Å². The Kier molecular flexibility index (Phi) is 4.20. The third-order valence-electron chi connectivity index (χ3n) is 3.33. The van der Waals surface area contributed by atoms with Crippen LogP contribution in [-0.4, -0.2) is 33.8 Å². The van der Waals surface area contributed by atoms with Crippen molar-refractivity contribution in [3.8, 4) is 0 Å². The van der Waals surface area contributed by atoms with Gasteiger partial charge in [-0.2, -0.15) is 0 Å². The number of carbonyl (C=O) groups is 1. The Bertz CT molecular complexity index is 574. The molecule has 0 atom stereocenters. The number of amides is 1. The van der Waals surface area contributed by atoms with E-state index < -0.39 is 0 Å². The molecule has 0 N–H and O–H groups in total. The zero-order valence-corrected chi connectivity index (χ0v) is 11.9. The lowest BCUT2D eigenvalue weighted by molar-refractivity contribution is -0.129. The van der Waals surface area contributed by atoms with Crippen molar-refractivity contribution >= 4 is 11.6 Å². The van der Waals surface area contributed by atoms with Gasteiger partial charge in [-0.3, -0.25) is 4.79 Å². The van der Waals surface area contributed by atoms with E-state index in [1.165, 1.54) is 0 Å². The van der Waals surface area contributed by atoms with Crippen LogP contribution in [0.3, 0.4) is 0 Å². The largest absolute Gasteiger partial charge is 0.345 e. The Hall–Kier alpha value is -1.84. The summed E-state index contributed by atoms with van der Waals surface area (Å²) in [7, 11) is 1.86. The second-order valence-electron chi connectivity index (χ2n) is 5.00. The van der Waals surface area contributed by atoms with Gasteiger partial charge in [0.2, 0.25) is 5.91 Å². The number of aryl methyl sites for hydroxylation is 1. The molecule has 0 bridgehead atoms. The number of aromatic nitrogens is 2. The summed E-state index contributed by atoms with van der Waals surface area (Å²) >= 11 is 0. The Morgan fingerprint density at radius 2 is 2.26 bits per heavy atom. The summed E-state index contributed by atoms with van der Waals surface area (Å²) in [4.78, 5) is 18.4. The molecule has 0 radical (unpaired) electrons. The maximum absolute atomic E-state index is 12.1. The van der Waals surface area contributed by atoms with Crippen molar-refractivity contribution in [1.29, 1.82) is 0 Å². The maximum atomic E-state index is 12.1. The van der Waals surface area contributed by atoms with E-state index in [9.17, 15) is 4.79 Å². The fraction of sp³-hybridized carbons (Fsp3) is 0.467. The quantitative estimate of drug-likeness (QED) is 0.827. The molecule has 0 aromatic carbocycles. The molecule has 2 aromatic rings. The number of rotatable bonds is 5. The van der Waals surface area contributed by atoms with Gasteiger partial charge in [0.1, 0.15) is 5.65 Å². The van der Waals surface area contributed by atoms with Crippen LogP contribution < -0.4 is 0 Å². The number of likely N-dealkylation sites (N-methyl/N-ethyl adjacent to an activating group) is 1. The molecule has 0 saturated heterocycles. The second kappa shape index (κ2) is 5.87. The SMILES string of the molecule is CCCCN(C)C(=O)Cc1cn2cccc(C)c2n1. The third kappa shape index (κ3) is 3.13. The first-order valence-electron chi connectivity index (χ1n) is 6.79. The zero-order valence-electron chi connectivity index (χ0n) is 11.9. The van der Waals surface area contributed by atoms with Crippen LogP contribution in [0.1, 0.15) is 31.0 Å². The summed E-state index contributed by atoms with van der Waals surface area (Å²) in [6.45, 7) is 4.98. The van der Waals surface area contributed by atoms with Crippen LogP contribution in [0.15, 0.2) is 24.5 Å². The lowest BCUT2D eigenvalue weighted by Crippen LogP contribution is -2.29. The van der Waals surface area contributed by atoms with E-state index in [0.717, 1.165) is 36.3 Å². The monoisotopic (exact) mass is 259 g/mol. The summed E-state index contributed by atoms with van der Waals surface area (Å²) in [6, 6.07) is 4.02. The summed E-state index contributed by atoms with van der Waals surface area (Å²) < 4.78 is 1.98. The van der Waals surface area contributed by atoms with E-state index in [1.54, 1.807) is 4.90 Å². The molecule has 0 unspecified atom stereocenters. The molecule has 102 valence electrons. The molecule has 4 nitrogen and oxygen atoms in total. The van der Waals surface area contributed by atoms with Crippen molar-refractivity contribution in [3.63, 3.8) is 0 Å². The number of unbranched alkanes of at least 4 members (excludes halogenated alkanes) is 1. The van der Waals surface area contributed by atoms with Crippen LogP contribution in [-0.2, 0) is 11.2 Å². The second-order valence-corrected chi connectivity index (χ2v) is 5.00. The molecule has 0 saturated carbocycles. The summed E-state index contributed by atoms with van der Waals surface area (Å²) in [5.41, 5.74) is 2.89. The summed E-state index contributed by atoms with van der Waals surface area (Å²) in [5.74, 6) is 0.134. The molecule has 19 heavy (non-hydrogen) atoms. The maximum Gasteiger partial charge on any atom is 0.228 e. The first kappa shape index (κ1) is 13.6. The molecule has 0 fully saturated rings.